The Bertz CT molecular complexity index is 513. The fourth-order valence-corrected chi connectivity index (χ4v) is 5.57. The van der Waals surface area contributed by atoms with Gasteiger partial charge in [-0.15, -0.1) is 11.6 Å². The summed E-state index contributed by atoms with van der Waals surface area (Å²) in [7, 11) is -3.09. The van der Waals surface area contributed by atoms with Gasteiger partial charge in [0, 0.05) is 5.88 Å². The lowest BCUT2D eigenvalue weighted by Gasteiger charge is -2.32. The van der Waals surface area contributed by atoms with Crippen LogP contribution in [0.25, 0.3) is 0 Å². The second-order valence-corrected chi connectivity index (χ2v) is 20.8. The van der Waals surface area contributed by atoms with Crippen molar-refractivity contribution >= 4 is 34.9 Å². The zero-order valence-electron chi connectivity index (χ0n) is 18.0. The molecule has 0 aromatic carbocycles. The minimum absolute atomic E-state index is 0.283. The van der Waals surface area contributed by atoms with Gasteiger partial charge in [0.2, 0.25) is 0 Å². The van der Waals surface area contributed by atoms with Gasteiger partial charge >= 0.3 is 7.12 Å². The van der Waals surface area contributed by atoms with Gasteiger partial charge in [-0.05, 0) is 46.0 Å². The molecule has 0 aliphatic carbocycles. The SMILES string of the molecule is CC1(C)OB(C(=C\[Si](C)(C)C)/C(=C/[Si](C)(C)C)CCCCl)OC1(C)C. The molecule has 0 aromatic heterocycles. The largest absolute Gasteiger partial charge is 0.494 e. The van der Waals surface area contributed by atoms with Crippen LogP contribution in [0.5, 0.6) is 0 Å². The highest BCUT2D eigenvalue weighted by molar-refractivity contribution is 6.83. The van der Waals surface area contributed by atoms with E-state index >= 15 is 0 Å². The highest BCUT2D eigenvalue weighted by Gasteiger charge is 2.52. The van der Waals surface area contributed by atoms with E-state index in [1.165, 1.54) is 11.0 Å². The molecule has 1 heterocycles. The molecule has 1 aliphatic heterocycles. The van der Waals surface area contributed by atoms with Crippen LogP contribution in [-0.2, 0) is 9.31 Å². The number of hydrogen-bond acceptors (Lipinski definition) is 2. The number of hydrogen-bond donors (Lipinski definition) is 0. The van der Waals surface area contributed by atoms with E-state index in [0.29, 0.717) is 5.88 Å². The Morgan fingerprint density at radius 1 is 0.880 bits per heavy atom. The van der Waals surface area contributed by atoms with Crippen molar-refractivity contribution in [2.75, 3.05) is 5.88 Å². The summed E-state index contributed by atoms with van der Waals surface area (Å²) in [6.45, 7) is 22.7. The molecule has 0 radical (unpaired) electrons. The monoisotopic (exact) mass is 400 g/mol. The van der Waals surface area contributed by atoms with E-state index in [2.05, 4.69) is 78.4 Å². The molecular weight excluding hydrogens is 363 g/mol. The van der Waals surface area contributed by atoms with Crippen LogP contribution >= 0.6 is 11.6 Å². The summed E-state index contributed by atoms with van der Waals surface area (Å²) in [6, 6.07) is 0. The topological polar surface area (TPSA) is 18.5 Å². The summed E-state index contributed by atoms with van der Waals surface area (Å²) in [4.78, 5) is 0. The molecule has 0 atom stereocenters. The number of halogens is 1. The number of rotatable bonds is 7. The number of allylic oxidation sites excluding steroid dienone is 2. The molecule has 0 aromatic rings. The maximum absolute atomic E-state index is 6.42. The van der Waals surface area contributed by atoms with Gasteiger partial charge in [-0.25, -0.2) is 0 Å². The van der Waals surface area contributed by atoms with Crippen molar-refractivity contribution in [1.82, 2.24) is 0 Å². The van der Waals surface area contributed by atoms with Gasteiger partial charge in [-0.2, -0.15) is 0 Å². The van der Waals surface area contributed by atoms with Gasteiger partial charge < -0.3 is 9.31 Å². The second kappa shape index (κ2) is 8.05. The molecule has 25 heavy (non-hydrogen) atoms. The van der Waals surface area contributed by atoms with Gasteiger partial charge in [0.25, 0.3) is 0 Å². The Hall–Kier alpha value is 0.189. The molecule has 0 N–H and O–H groups in total. The van der Waals surface area contributed by atoms with Gasteiger partial charge in [0.15, 0.2) is 0 Å². The molecule has 0 spiro atoms. The summed E-state index contributed by atoms with van der Waals surface area (Å²) in [6.07, 6.45) is 1.98. The van der Waals surface area contributed by atoms with Crippen LogP contribution in [0, 0.1) is 0 Å². The molecule has 2 nitrogen and oxygen atoms in total. The standard InChI is InChI=1S/C19H38BClO2Si2/c1-18(2)19(3,4)23-20(22-18)17(15-25(8,9)10)16(12-11-13-21)14-24(5,6)7/h14-15H,11-13H2,1-10H3/b16-14+,17-15-. The fourth-order valence-electron chi connectivity index (χ4n) is 2.83. The summed E-state index contributed by atoms with van der Waals surface area (Å²) < 4.78 is 12.8. The normalized spacial score (nSPS) is 21.8. The third kappa shape index (κ3) is 7.02. The van der Waals surface area contributed by atoms with E-state index in [9.17, 15) is 0 Å². The minimum atomic E-state index is -1.44. The molecule has 0 unspecified atom stereocenters. The van der Waals surface area contributed by atoms with Crippen LogP contribution in [0.15, 0.2) is 22.4 Å². The molecule has 0 amide bonds. The zero-order chi connectivity index (χ0) is 19.7. The van der Waals surface area contributed by atoms with Crippen LogP contribution in [0.3, 0.4) is 0 Å². The molecule has 144 valence electrons. The Kier molecular flexibility index (Phi) is 7.48. The maximum atomic E-state index is 6.42. The van der Waals surface area contributed by atoms with Crippen LogP contribution in [0.2, 0.25) is 39.3 Å². The second-order valence-electron chi connectivity index (χ2n) is 10.4. The van der Waals surface area contributed by atoms with Crippen molar-refractivity contribution in [3.8, 4) is 0 Å². The fraction of sp³-hybridized carbons (Fsp3) is 0.789. The van der Waals surface area contributed by atoms with E-state index in [1.54, 1.807) is 0 Å². The first kappa shape index (κ1) is 23.2. The molecular formula is C19H38BClO2Si2. The average Bonchev–Trinajstić information content (AvgIpc) is 2.58. The van der Waals surface area contributed by atoms with E-state index in [0.717, 1.165) is 12.8 Å². The summed E-state index contributed by atoms with van der Waals surface area (Å²) >= 11 is 6.02. The van der Waals surface area contributed by atoms with Crippen LogP contribution in [0.4, 0.5) is 0 Å². The predicted molar refractivity (Wildman–Crippen MR) is 119 cm³/mol. The molecule has 1 aliphatic rings. The first-order chi connectivity index (χ1) is 11.1. The van der Waals surface area contributed by atoms with Gasteiger partial charge in [-0.1, -0.05) is 56.3 Å². The van der Waals surface area contributed by atoms with Crippen molar-refractivity contribution in [2.45, 2.75) is 91.0 Å². The van der Waals surface area contributed by atoms with Gasteiger partial charge in [-0.3, -0.25) is 0 Å². The van der Waals surface area contributed by atoms with Crippen molar-refractivity contribution in [1.29, 1.82) is 0 Å². The number of alkyl halides is 1. The molecule has 6 heteroatoms. The zero-order valence-corrected chi connectivity index (χ0v) is 20.8. The lowest BCUT2D eigenvalue weighted by molar-refractivity contribution is 0.00578. The van der Waals surface area contributed by atoms with Crippen molar-refractivity contribution in [3.05, 3.63) is 22.4 Å². The molecule has 1 rings (SSSR count). The van der Waals surface area contributed by atoms with E-state index in [1.807, 2.05) is 0 Å². The van der Waals surface area contributed by atoms with Crippen molar-refractivity contribution in [3.63, 3.8) is 0 Å². The van der Waals surface area contributed by atoms with E-state index in [-0.39, 0.29) is 18.3 Å². The summed E-state index contributed by atoms with van der Waals surface area (Å²) in [5.74, 6) is 0.687. The Labute approximate surface area is 163 Å². The smallest absolute Gasteiger partial charge is 0.399 e. The molecule has 1 saturated heterocycles. The molecule has 1 fully saturated rings. The van der Waals surface area contributed by atoms with Crippen LogP contribution in [0.1, 0.15) is 40.5 Å². The lowest BCUT2D eigenvalue weighted by atomic mass is 9.74. The third-order valence-electron chi connectivity index (χ3n) is 4.65. The van der Waals surface area contributed by atoms with E-state index < -0.39 is 16.1 Å². The Morgan fingerprint density at radius 2 is 1.32 bits per heavy atom. The minimum Gasteiger partial charge on any atom is -0.399 e. The maximum Gasteiger partial charge on any atom is 0.494 e. The summed E-state index contributed by atoms with van der Waals surface area (Å²) in [5, 5.41) is 0. The Morgan fingerprint density at radius 3 is 1.68 bits per heavy atom. The van der Waals surface area contributed by atoms with Crippen molar-refractivity contribution < 1.29 is 9.31 Å². The van der Waals surface area contributed by atoms with Crippen LogP contribution < -0.4 is 0 Å². The van der Waals surface area contributed by atoms with Gasteiger partial charge in [0.05, 0.1) is 27.3 Å². The molecule has 0 saturated carbocycles. The first-order valence-corrected chi connectivity index (χ1v) is 17.1. The lowest BCUT2D eigenvalue weighted by Crippen LogP contribution is -2.41. The first-order valence-electron chi connectivity index (χ1n) is 9.44. The molecule has 0 bridgehead atoms. The van der Waals surface area contributed by atoms with Crippen LogP contribution in [-0.4, -0.2) is 40.3 Å². The van der Waals surface area contributed by atoms with E-state index in [4.69, 9.17) is 20.9 Å². The highest BCUT2D eigenvalue weighted by Crippen LogP contribution is 2.41. The third-order valence-corrected chi connectivity index (χ3v) is 7.31. The predicted octanol–water partition coefficient (Wildman–Crippen LogP) is 6.24. The van der Waals surface area contributed by atoms with Crippen molar-refractivity contribution in [2.24, 2.45) is 0 Å². The summed E-state index contributed by atoms with van der Waals surface area (Å²) in [5.41, 5.74) is 7.00. The van der Waals surface area contributed by atoms with Gasteiger partial charge in [0.1, 0.15) is 0 Å². The quantitative estimate of drug-likeness (QED) is 0.286. The average molecular weight is 401 g/mol. The Balaban J connectivity index is 3.38. The highest BCUT2D eigenvalue weighted by atomic mass is 35.5.